The Hall–Kier alpha value is -1.46. The molecule has 0 aromatic carbocycles. The Kier molecular flexibility index (Phi) is 4.73. The summed E-state index contributed by atoms with van der Waals surface area (Å²) in [5, 5.41) is 11.4. The zero-order valence-electron chi connectivity index (χ0n) is 7.06. The molecule has 1 aliphatic heterocycles. The van der Waals surface area contributed by atoms with Crippen LogP contribution in [0.4, 0.5) is 0 Å². The van der Waals surface area contributed by atoms with Crippen molar-refractivity contribution in [3.63, 3.8) is 0 Å². The smallest absolute Gasteiger partial charge is 0.199 e. The number of guanidine groups is 1. The van der Waals surface area contributed by atoms with E-state index in [-0.39, 0.29) is 5.96 Å². The normalized spacial score (nSPS) is 18.0. The number of rotatable bonds is 2. The summed E-state index contributed by atoms with van der Waals surface area (Å²) in [7, 11) is 0. The van der Waals surface area contributed by atoms with Crippen molar-refractivity contribution >= 4 is 64.4 Å². The SMILES string of the molecule is S=C=NC1=NC(N=C=S)N(N=C=S)C=N1. The molecule has 0 amide bonds. The summed E-state index contributed by atoms with van der Waals surface area (Å²) in [6.45, 7) is 0. The highest BCUT2D eigenvalue weighted by Gasteiger charge is 2.17. The Morgan fingerprint density at radius 3 is 2.67 bits per heavy atom. The minimum atomic E-state index is -0.724. The Bertz CT molecular complexity index is 449. The molecule has 1 atom stereocenters. The lowest BCUT2D eigenvalue weighted by Gasteiger charge is -2.18. The van der Waals surface area contributed by atoms with Crippen LogP contribution in [-0.2, 0) is 0 Å². The zero-order chi connectivity index (χ0) is 11.1. The Labute approximate surface area is 101 Å². The van der Waals surface area contributed by atoms with Crippen LogP contribution >= 0.6 is 36.7 Å². The van der Waals surface area contributed by atoms with Gasteiger partial charge in [0.15, 0.2) is 0 Å². The zero-order valence-corrected chi connectivity index (χ0v) is 9.51. The van der Waals surface area contributed by atoms with Gasteiger partial charge in [0.1, 0.15) is 6.34 Å². The predicted octanol–water partition coefficient (Wildman–Crippen LogP) is 1.19. The lowest BCUT2D eigenvalue weighted by molar-refractivity contribution is 0.353. The van der Waals surface area contributed by atoms with Crippen molar-refractivity contribution in [1.29, 1.82) is 0 Å². The van der Waals surface area contributed by atoms with E-state index < -0.39 is 6.29 Å². The van der Waals surface area contributed by atoms with Gasteiger partial charge in [-0.1, -0.05) is 0 Å². The maximum atomic E-state index is 4.46. The summed E-state index contributed by atoms with van der Waals surface area (Å²) < 4.78 is 0. The molecule has 0 N–H and O–H groups in total. The predicted molar refractivity (Wildman–Crippen MR) is 66.6 cm³/mol. The van der Waals surface area contributed by atoms with Crippen LogP contribution in [0.2, 0.25) is 0 Å². The molecular weight excluding hydrogens is 252 g/mol. The quantitative estimate of drug-likeness (QED) is 0.548. The summed E-state index contributed by atoms with van der Waals surface area (Å²) in [6.07, 6.45) is 0.607. The third kappa shape index (κ3) is 3.30. The summed E-state index contributed by atoms with van der Waals surface area (Å²) >= 11 is 13.3. The van der Waals surface area contributed by atoms with Crippen molar-refractivity contribution in [1.82, 2.24) is 5.01 Å². The summed E-state index contributed by atoms with van der Waals surface area (Å²) in [4.78, 5) is 15.1. The number of hydrogen-bond donors (Lipinski definition) is 0. The van der Waals surface area contributed by atoms with E-state index in [2.05, 4.69) is 77.2 Å². The van der Waals surface area contributed by atoms with Crippen LogP contribution in [0.5, 0.6) is 0 Å². The van der Waals surface area contributed by atoms with Gasteiger partial charge < -0.3 is 0 Å². The maximum Gasteiger partial charge on any atom is 0.259 e. The van der Waals surface area contributed by atoms with Gasteiger partial charge in [-0.3, -0.25) is 0 Å². The minimum absolute atomic E-state index is 0.139. The maximum absolute atomic E-state index is 4.46. The molecule has 1 rings (SSSR count). The molecule has 0 aliphatic carbocycles. The first-order valence-electron chi connectivity index (χ1n) is 3.45. The fourth-order valence-electron chi connectivity index (χ4n) is 0.725. The first-order valence-corrected chi connectivity index (χ1v) is 4.67. The number of isothiocyanates is 3. The van der Waals surface area contributed by atoms with E-state index in [0.717, 1.165) is 0 Å². The van der Waals surface area contributed by atoms with Crippen LogP contribution in [0, 0.1) is 0 Å². The van der Waals surface area contributed by atoms with Crippen molar-refractivity contribution in [2.75, 3.05) is 0 Å². The van der Waals surface area contributed by atoms with E-state index in [4.69, 9.17) is 0 Å². The Balaban J connectivity index is 3.02. The molecule has 1 unspecified atom stereocenters. The van der Waals surface area contributed by atoms with Gasteiger partial charge in [0.25, 0.3) is 5.96 Å². The number of hydrogen-bond acceptors (Lipinski definition) is 9. The van der Waals surface area contributed by atoms with Crippen molar-refractivity contribution in [2.24, 2.45) is 25.1 Å². The first-order chi connectivity index (χ1) is 7.31. The molecule has 0 spiro atoms. The van der Waals surface area contributed by atoms with Gasteiger partial charge in [0.05, 0.1) is 15.5 Å². The monoisotopic (exact) mass is 254 g/mol. The van der Waals surface area contributed by atoms with E-state index in [1.54, 1.807) is 0 Å². The fourth-order valence-corrected chi connectivity index (χ4v) is 0.995. The average Bonchev–Trinajstić information content (AvgIpc) is 2.23. The van der Waals surface area contributed by atoms with Gasteiger partial charge in [0.2, 0.25) is 6.29 Å². The van der Waals surface area contributed by atoms with Gasteiger partial charge in [-0.2, -0.15) is 25.0 Å². The summed E-state index contributed by atoms with van der Waals surface area (Å²) in [5.41, 5.74) is 0. The number of thiocarbonyl (C=S) groups is 3. The van der Waals surface area contributed by atoms with Crippen LogP contribution in [-0.4, -0.2) is 39.1 Å². The molecule has 6 nitrogen and oxygen atoms in total. The Morgan fingerprint density at radius 2 is 2.07 bits per heavy atom. The highest BCUT2D eigenvalue weighted by atomic mass is 32.1. The molecule has 0 radical (unpaired) electrons. The van der Waals surface area contributed by atoms with Gasteiger partial charge in [0, 0.05) is 0 Å². The van der Waals surface area contributed by atoms with Gasteiger partial charge in [-0.15, -0.1) is 5.10 Å². The Morgan fingerprint density at radius 1 is 1.27 bits per heavy atom. The van der Waals surface area contributed by atoms with Crippen molar-refractivity contribution in [3.05, 3.63) is 0 Å². The number of nitrogens with zero attached hydrogens (tertiary/aromatic N) is 6. The van der Waals surface area contributed by atoms with Gasteiger partial charge in [-0.25, -0.2) is 0 Å². The summed E-state index contributed by atoms with van der Waals surface area (Å²) in [6, 6.07) is 0. The van der Waals surface area contributed by atoms with Crippen LogP contribution in [0.25, 0.3) is 0 Å². The van der Waals surface area contributed by atoms with Crippen molar-refractivity contribution < 1.29 is 0 Å². The van der Waals surface area contributed by atoms with E-state index in [1.807, 2.05) is 0 Å². The second-order valence-corrected chi connectivity index (χ2v) is 2.56. The molecule has 1 heterocycles. The molecule has 0 fully saturated rings. The van der Waals surface area contributed by atoms with Crippen LogP contribution in [0.15, 0.2) is 25.1 Å². The number of aliphatic imine (C=N–C) groups is 4. The highest BCUT2D eigenvalue weighted by molar-refractivity contribution is 7.78. The lowest BCUT2D eigenvalue weighted by atomic mass is 10.7. The van der Waals surface area contributed by atoms with Crippen LogP contribution < -0.4 is 0 Å². The molecule has 0 aromatic rings. The standard InChI is InChI=1S/C6H2N6S3/c13-2-8-5-7-1-12(10-4-15)6(11-5)9-3-14/h1,6H. The molecule has 0 aromatic heterocycles. The highest BCUT2D eigenvalue weighted by Crippen LogP contribution is 2.06. The second-order valence-electron chi connectivity index (χ2n) is 2.01. The van der Waals surface area contributed by atoms with E-state index in [9.17, 15) is 0 Å². The second kappa shape index (κ2) is 6.10. The molecule has 0 saturated heterocycles. The molecule has 0 saturated carbocycles. The van der Waals surface area contributed by atoms with Gasteiger partial charge >= 0.3 is 0 Å². The van der Waals surface area contributed by atoms with Crippen LogP contribution in [0.3, 0.4) is 0 Å². The van der Waals surface area contributed by atoms with Crippen molar-refractivity contribution in [3.8, 4) is 0 Å². The van der Waals surface area contributed by atoms with E-state index in [0.29, 0.717) is 0 Å². The van der Waals surface area contributed by atoms with Gasteiger partial charge in [-0.05, 0) is 36.7 Å². The molecule has 0 bridgehead atoms. The fraction of sp³-hybridized carbons (Fsp3) is 0.167. The third-order valence-electron chi connectivity index (χ3n) is 1.23. The molecule has 1 aliphatic rings. The first kappa shape index (κ1) is 11.6. The molecule has 74 valence electrons. The lowest BCUT2D eigenvalue weighted by Crippen LogP contribution is -2.30. The topological polar surface area (TPSA) is 65.0 Å². The summed E-state index contributed by atoms with van der Waals surface area (Å²) in [5.74, 6) is 0.139. The van der Waals surface area contributed by atoms with E-state index >= 15 is 0 Å². The number of hydrazone groups is 1. The molecule has 15 heavy (non-hydrogen) atoms. The van der Waals surface area contributed by atoms with Crippen LogP contribution in [0.1, 0.15) is 0 Å². The van der Waals surface area contributed by atoms with Crippen molar-refractivity contribution in [2.45, 2.75) is 6.29 Å². The third-order valence-corrected chi connectivity index (χ3v) is 1.51. The molecule has 9 heteroatoms. The van der Waals surface area contributed by atoms with E-state index in [1.165, 1.54) is 11.3 Å². The molecular formula is C6H2N6S3. The minimum Gasteiger partial charge on any atom is -0.199 e. The largest absolute Gasteiger partial charge is 0.259 e. The average molecular weight is 254 g/mol.